The first-order chi connectivity index (χ1) is 12.2. The summed E-state index contributed by atoms with van der Waals surface area (Å²) < 4.78 is 15.1. The molecule has 1 aliphatic carbocycles. The minimum Gasteiger partial charge on any atom is -0.337 e. The molecule has 2 aromatic rings. The smallest absolute Gasteiger partial charge is 0.320 e. The fraction of sp³-hybridized carbons (Fsp3) is 0.500. The molecule has 6 heteroatoms. The van der Waals surface area contributed by atoms with Gasteiger partial charge in [-0.05, 0) is 48.4 Å². The second-order valence-corrected chi connectivity index (χ2v) is 8.24. The summed E-state index contributed by atoms with van der Waals surface area (Å²) in [6, 6.07) is 6.19. The zero-order valence-corrected chi connectivity index (χ0v) is 15.9. The SMILES string of the molecule is Cn1nc(NC(=O)NCC(C)(C)C)c(C2CCC2)c1-c1ccc(F)cc1. The number of carbonyl (C=O) groups is 1. The molecule has 1 aromatic carbocycles. The van der Waals surface area contributed by atoms with Gasteiger partial charge in [-0.3, -0.25) is 10.00 Å². The second kappa shape index (κ2) is 7.09. The third kappa shape index (κ3) is 4.06. The van der Waals surface area contributed by atoms with Gasteiger partial charge >= 0.3 is 6.03 Å². The van der Waals surface area contributed by atoms with Crippen molar-refractivity contribution in [1.82, 2.24) is 15.1 Å². The first-order valence-corrected chi connectivity index (χ1v) is 9.12. The molecule has 1 saturated carbocycles. The van der Waals surface area contributed by atoms with Crippen LogP contribution in [0, 0.1) is 11.2 Å². The lowest BCUT2D eigenvalue weighted by atomic mass is 9.79. The summed E-state index contributed by atoms with van der Waals surface area (Å²) in [5.41, 5.74) is 2.92. The molecule has 5 nitrogen and oxygen atoms in total. The molecule has 0 spiro atoms. The molecule has 3 rings (SSSR count). The fourth-order valence-corrected chi connectivity index (χ4v) is 3.16. The summed E-state index contributed by atoms with van der Waals surface area (Å²) in [7, 11) is 1.86. The Morgan fingerprint density at radius 3 is 2.46 bits per heavy atom. The van der Waals surface area contributed by atoms with Crippen LogP contribution in [0.3, 0.4) is 0 Å². The van der Waals surface area contributed by atoms with Gasteiger partial charge < -0.3 is 5.32 Å². The molecule has 1 fully saturated rings. The van der Waals surface area contributed by atoms with Gasteiger partial charge in [-0.2, -0.15) is 5.10 Å². The highest BCUT2D eigenvalue weighted by atomic mass is 19.1. The second-order valence-electron chi connectivity index (χ2n) is 8.24. The maximum Gasteiger partial charge on any atom is 0.320 e. The minimum absolute atomic E-state index is 0.0114. The summed E-state index contributed by atoms with van der Waals surface area (Å²) in [4.78, 5) is 12.3. The highest BCUT2D eigenvalue weighted by molar-refractivity contribution is 5.90. The molecule has 0 saturated heterocycles. The maximum absolute atomic E-state index is 13.3. The lowest BCUT2D eigenvalue weighted by Crippen LogP contribution is -2.35. The van der Waals surface area contributed by atoms with Crippen LogP contribution in [-0.2, 0) is 7.05 Å². The predicted octanol–water partition coefficient (Wildman–Crippen LogP) is 4.66. The van der Waals surface area contributed by atoms with Crippen molar-refractivity contribution in [2.45, 2.75) is 46.0 Å². The van der Waals surface area contributed by atoms with E-state index in [0.29, 0.717) is 18.3 Å². The van der Waals surface area contributed by atoms with Crippen molar-refractivity contribution in [3.8, 4) is 11.3 Å². The monoisotopic (exact) mass is 358 g/mol. The quantitative estimate of drug-likeness (QED) is 0.835. The number of nitrogens with one attached hydrogen (secondary N) is 2. The highest BCUT2D eigenvalue weighted by Gasteiger charge is 2.30. The molecule has 26 heavy (non-hydrogen) atoms. The van der Waals surface area contributed by atoms with Gasteiger partial charge in [0, 0.05) is 24.7 Å². The van der Waals surface area contributed by atoms with E-state index in [9.17, 15) is 9.18 Å². The van der Waals surface area contributed by atoms with Crippen LogP contribution in [0.4, 0.5) is 15.0 Å². The number of nitrogens with zero attached hydrogens (tertiary/aromatic N) is 2. The number of hydrogen-bond acceptors (Lipinski definition) is 2. The van der Waals surface area contributed by atoms with Gasteiger partial charge in [-0.1, -0.05) is 27.2 Å². The summed E-state index contributed by atoms with van der Waals surface area (Å²) in [5, 5.41) is 10.4. The van der Waals surface area contributed by atoms with E-state index in [1.54, 1.807) is 16.8 Å². The van der Waals surface area contributed by atoms with E-state index in [0.717, 1.165) is 29.7 Å². The largest absolute Gasteiger partial charge is 0.337 e. The predicted molar refractivity (Wildman–Crippen MR) is 102 cm³/mol. The molecule has 1 aromatic heterocycles. The van der Waals surface area contributed by atoms with Crippen LogP contribution in [0.5, 0.6) is 0 Å². The maximum atomic E-state index is 13.3. The Hall–Kier alpha value is -2.37. The van der Waals surface area contributed by atoms with Crippen LogP contribution in [-0.4, -0.2) is 22.4 Å². The van der Waals surface area contributed by atoms with Crippen molar-refractivity contribution in [2.24, 2.45) is 12.5 Å². The van der Waals surface area contributed by atoms with Gasteiger partial charge in [0.1, 0.15) is 5.82 Å². The van der Waals surface area contributed by atoms with Gasteiger partial charge in [0.2, 0.25) is 0 Å². The molecule has 140 valence electrons. The topological polar surface area (TPSA) is 59.0 Å². The van der Waals surface area contributed by atoms with Gasteiger partial charge in [0.25, 0.3) is 0 Å². The summed E-state index contributed by atoms with van der Waals surface area (Å²) in [5.74, 6) is 0.714. The molecule has 2 N–H and O–H groups in total. The molecule has 0 radical (unpaired) electrons. The van der Waals surface area contributed by atoms with Gasteiger partial charge in [0.15, 0.2) is 5.82 Å². The first-order valence-electron chi connectivity index (χ1n) is 9.12. The van der Waals surface area contributed by atoms with Gasteiger partial charge in [0.05, 0.1) is 5.69 Å². The van der Waals surface area contributed by atoms with Crippen LogP contribution < -0.4 is 10.6 Å². The Balaban J connectivity index is 1.89. The highest BCUT2D eigenvalue weighted by Crippen LogP contribution is 2.44. The molecule has 0 unspecified atom stereocenters. The molecule has 0 bridgehead atoms. The molecular weight excluding hydrogens is 331 g/mol. The molecule has 0 aliphatic heterocycles. The minimum atomic E-state index is -0.263. The number of halogens is 1. The number of anilines is 1. The van der Waals surface area contributed by atoms with Crippen molar-refractivity contribution >= 4 is 11.8 Å². The average molecular weight is 358 g/mol. The lowest BCUT2D eigenvalue weighted by molar-refractivity contribution is 0.246. The van der Waals surface area contributed by atoms with Crippen molar-refractivity contribution in [1.29, 1.82) is 0 Å². The number of aromatic nitrogens is 2. The fourth-order valence-electron chi connectivity index (χ4n) is 3.16. The van der Waals surface area contributed by atoms with Crippen LogP contribution in [0.1, 0.15) is 51.5 Å². The Bertz CT molecular complexity index is 785. The number of benzene rings is 1. The van der Waals surface area contributed by atoms with E-state index in [-0.39, 0.29) is 17.3 Å². The molecule has 2 amide bonds. The normalized spacial score (nSPS) is 14.8. The molecule has 0 atom stereocenters. The van der Waals surface area contributed by atoms with Crippen LogP contribution in [0.25, 0.3) is 11.3 Å². The van der Waals surface area contributed by atoms with Crippen LogP contribution in [0.15, 0.2) is 24.3 Å². The zero-order valence-electron chi connectivity index (χ0n) is 15.9. The molecule has 1 aliphatic rings. The van der Waals surface area contributed by atoms with E-state index in [4.69, 9.17) is 0 Å². The first kappa shape index (κ1) is 18.4. The molecular formula is C20H27FN4O. The van der Waals surface area contributed by atoms with Crippen molar-refractivity contribution in [2.75, 3.05) is 11.9 Å². The van der Waals surface area contributed by atoms with E-state index >= 15 is 0 Å². The zero-order chi connectivity index (χ0) is 18.9. The number of aryl methyl sites for hydroxylation is 1. The number of rotatable bonds is 4. The van der Waals surface area contributed by atoms with E-state index in [1.165, 1.54) is 18.6 Å². The van der Waals surface area contributed by atoms with Crippen molar-refractivity contribution < 1.29 is 9.18 Å². The van der Waals surface area contributed by atoms with Gasteiger partial charge in [-0.25, -0.2) is 9.18 Å². The number of hydrogen-bond donors (Lipinski definition) is 2. The van der Waals surface area contributed by atoms with Crippen LogP contribution >= 0.6 is 0 Å². The molecule has 1 heterocycles. The third-order valence-corrected chi connectivity index (χ3v) is 4.73. The van der Waals surface area contributed by atoms with Crippen molar-refractivity contribution in [3.63, 3.8) is 0 Å². The third-order valence-electron chi connectivity index (χ3n) is 4.73. The van der Waals surface area contributed by atoms with E-state index in [2.05, 4.69) is 36.5 Å². The summed E-state index contributed by atoms with van der Waals surface area (Å²) in [6.45, 7) is 6.79. The van der Waals surface area contributed by atoms with Gasteiger partial charge in [-0.15, -0.1) is 0 Å². The Morgan fingerprint density at radius 2 is 1.92 bits per heavy atom. The van der Waals surface area contributed by atoms with Crippen molar-refractivity contribution in [3.05, 3.63) is 35.6 Å². The lowest BCUT2D eigenvalue weighted by Gasteiger charge is -2.27. The standard InChI is InChI=1S/C20H27FN4O/c1-20(2,3)12-22-19(26)23-18-16(13-6-5-7-13)17(25(4)24-18)14-8-10-15(21)11-9-14/h8-11,13H,5-7,12H2,1-4H3,(H2,22,23,24,26). The summed E-state index contributed by atoms with van der Waals surface area (Å²) >= 11 is 0. The number of urea groups is 1. The summed E-state index contributed by atoms with van der Waals surface area (Å²) in [6.07, 6.45) is 3.34. The number of amides is 2. The Morgan fingerprint density at radius 1 is 1.27 bits per heavy atom. The van der Waals surface area contributed by atoms with Crippen LogP contribution in [0.2, 0.25) is 0 Å². The Kier molecular flexibility index (Phi) is 5.03. The van der Waals surface area contributed by atoms with E-state index < -0.39 is 0 Å². The van der Waals surface area contributed by atoms with E-state index in [1.807, 2.05) is 7.05 Å². The Labute approximate surface area is 154 Å². The number of carbonyl (C=O) groups excluding carboxylic acids is 1. The average Bonchev–Trinajstić information content (AvgIpc) is 2.80.